The highest BCUT2D eigenvalue weighted by atomic mass is 79.9. The van der Waals surface area contributed by atoms with E-state index >= 15 is 0 Å². The molecule has 0 bridgehead atoms. The molecule has 7 heteroatoms. The van der Waals surface area contributed by atoms with Gasteiger partial charge in [0, 0.05) is 10.2 Å². The van der Waals surface area contributed by atoms with Crippen LogP contribution in [0.5, 0.6) is 0 Å². The van der Waals surface area contributed by atoms with E-state index in [0.717, 1.165) is 0 Å². The van der Waals surface area contributed by atoms with Crippen LogP contribution in [0.3, 0.4) is 0 Å². The lowest BCUT2D eigenvalue weighted by Gasteiger charge is -2.12. The monoisotopic (exact) mass is 317 g/mol. The van der Waals surface area contributed by atoms with Crippen molar-refractivity contribution in [3.63, 3.8) is 0 Å². The average Bonchev–Trinajstić information content (AvgIpc) is 2.24. The third-order valence-electron chi connectivity index (χ3n) is 2.13. The number of hydrogen-bond donors (Lipinski definition) is 2. The largest absolute Gasteiger partial charge is 0.399 e. The van der Waals surface area contributed by atoms with Gasteiger partial charge in [0.15, 0.2) is 5.25 Å². The summed E-state index contributed by atoms with van der Waals surface area (Å²) in [6.07, 6.45) is 0.228. The smallest absolute Gasteiger partial charge is 0.249 e. The van der Waals surface area contributed by atoms with Crippen molar-refractivity contribution in [2.75, 3.05) is 10.5 Å². The van der Waals surface area contributed by atoms with Gasteiger partial charge in [0.25, 0.3) is 0 Å². The number of nitrogens with two attached hydrogens (primary N) is 1. The number of halogens is 1. The van der Waals surface area contributed by atoms with Gasteiger partial charge in [-0.3, -0.25) is 4.72 Å². The van der Waals surface area contributed by atoms with Gasteiger partial charge in [-0.1, -0.05) is 6.92 Å². The maximum absolute atomic E-state index is 11.8. The van der Waals surface area contributed by atoms with Gasteiger partial charge in [-0.15, -0.1) is 0 Å². The summed E-state index contributed by atoms with van der Waals surface area (Å²) < 4.78 is 26.6. The highest BCUT2D eigenvalue weighted by Gasteiger charge is 2.23. The predicted octanol–water partition coefficient (Wildman–Crippen LogP) is 2.08. The Morgan fingerprint density at radius 2 is 2.24 bits per heavy atom. The molecule has 1 aromatic rings. The zero-order valence-corrected chi connectivity index (χ0v) is 11.5. The van der Waals surface area contributed by atoms with Crippen LogP contribution in [0.4, 0.5) is 11.4 Å². The van der Waals surface area contributed by atoms with Crippen LogP contribution in [0.25, 0.3) is 0 Å². The fourth-order valence-electron chi connectivity index (χ4n) is 1.23. The van der Waals surface area contributed by atoms with Gasteiger partial charge in [0.05, 0.1) is 11.8 Å². The molecule has 1 atom stereocenters. The van der Waals surface area contributed by atoms with E-state index in [1.165, 1.54) is 6.07 Å². The van der Waals surface area contributed by atoms with Crippen molar-refractivity contribution in [3.05, 3.63) is 22.7 Å². The molecule has 0 saturated heterocycles. The SMILES string of the molecule is CCC(C#N)S(=O)(=O)Nc1cc(N)ccc1Br. The lowest BCUT2D eigenvalue weighted by atomic mass is 10.3. The van der Waals surface area contributed by atoms with Gasteiger partial charge >= 0.3 is 0 Å². The Hall–Kier alpha value is -1.26. The van der Waals surface area contributed by atoms with Crippen molar-refractivity contribution in [1.82, 2.24) is 0 Å². The number of anilines is 2. The minimum atomic E-state index is -3.71. The Bertz CT molecular complexity index is 551. The van der Waals surface area contributed by atoms with Crippen LogP contribution in [-0.4, -0.2) is 13.7 Å². The second kappa shape index (κ2) is 5.38. The minimum Gasteiger partial charge on any atom is -0.399 e. The average molecular weight is 318 g/mol. The Balaban J connectivity index is 3.06. The normalized spacial score (nSPS) is 12.8. The number of rotatable bonds is 4. The van der Waals surface area contributed by atoms with Crippen LogP contribution >= 0.6 is 15.9 Å². The van der Waals surface area contributed by atoms with Gasteiger partial charge in [-0.05, 0) is 40.5 Å². The fraction of sp³-hybridized carbons (Fsp3) is 0.300. The second-order valence-corrected chi connectivity index (χ2v) is 6.13. The van der Waals surface area contributed by atoms with Gasteiger partial charge in [-0.25, -0.2) is 8.42 Å². The van der Waals surface area contributed by atoms with E-state index < -0.39 is 15.3 Å². The first-order valence-electron chi connectivity index (χ1n) is 4.87. The molecular formula is C10H12BrN3O2S. The summed E-state index contributed by atoms with van der Waals surface area (Å²) in [6, 6.07) is 6.52. The van der Waals surface area contributed by atoms with E-state index in [9.17, 15) is 8.42 Å². The predicted molar refractivity (Wildman–Crippen MR) is 70.8 cm³/mol. The molecule has 0 radical (unpaired) electrons. The molecule has 0 aliphatic carbocycles. The molecule has 0 fully saturated rings. The molecular weight excluding hydrogens is 306 g/mol. The van der Waals surface area contributed by atoms with Crippen molar-refractivity contribution in [2.24, 2.45) is 0 Å². The van der Waals surface area contributed by atoms with E-state index in [4.69, 9.17) is 11.0 Å². The number of benzene rings is 1. The van der Waals surface area contributed by atoms with E-state index in [1.807, 2.05) is 0 Å². The Kier molecular flexibility index (Phi) is 4.37. The van der Waals surface area contributed by atoms with E-state index in [-0.39, 0.29) is 6.42 Å². The summed E-state index contributed by atoms with van der Waals surface area (Å²) in [5.41, 5.74) is 6.34. The fourth-order valence-corrected chi connectivity index (χ4v) is 2.90. The van der Waals surface area contributed by atoms with Crippen molar-refractivity contribution in [1.29, 1.82) is 5.26 Å². The molecule has 0 aliphatic heterocycles. The first-order valence-corrected chi connectivity index (χ1v) is 7.21. The molecule has 5 nitrogen and oxygen atoms in total. The highest BCUT2D eigenvalue weighted by Crippen LogP contribution is 2.26. The van der Waals surface area contributed by atoms with Crippen molar-refractivity contribution in [3.8, 4) is 6.07 Å². The van der Waals surface area contributed by atoms with Crippen LogP contribution in [0.2, 0.25) is 0 Å². The second-order valence-electron chi connectivity index (χ2n) is 3.41. The van der Waals surface area contributed by atoms with Crippen molar-refractivity contribution >= 4 is 37.3 Å². The quantitative estimate of drug-likeness (QED) is 0.831. The molecule has 1 aromatic carbocycles. The van der Waals surface area contributed by atoms with Crippen molar-refractivity contribution in [2.45, 2.75) is 18.6 Å². The molecule has 0 aliphatic rings. The molecule has 17 heavy (non-hydrogen) atoms. The molecule has 1 rings (SSSR count). The zero-order chi connectivity index (χ0) is 13.1. The first-order chi connectivity index (χ1) is 7.90. The summed E-state index contributed by atoms with van der Waals surface area (Å²) in [6.45, 7) is 1.64. The van der Waals surface area contributed by atoms with Gasteiger partial charge in [0.2, 0.25) is 10.0 Å². The van der Waals surface area contributed by atoms with Crippen LogP contribution in [0, 0.1) is 11.3 Å². The maximum atomic E-state index is 11.8. The molecule has 0 saturated carbocycles. The number of nitriles is 1. The molecule has 3 N–H and O–H groups in total. The zero-order valence-electron chi connectivity index (χ0n) is 9.14. The third kappa shape index (κ3) is 3.35. The van der Waals surface area contributed by atoms with Gasteiger partial charge in [0.1, 0.15) is 0 Å². The summed E-state index contributed by atoms with van der Waals surface area (Å²) in [5.74, 6) is 0. The number of sulfonamides is 1. The number of nitrogen functional groups attached to an aromatic ring is 1. The van der Waals surface area contributed by atoms with Gasteiger partial charge in [-0.2, -0.15) is 5.26 Å². The number of nitrogens with one attached hydrogen (secondary N) is 1. The summed E-state index contributed by atoms with van der Waals surface area (Å²) >= 11 is 3.21. The van der Waals surface area contributed by atoms with E-state index in [0.29, 0.717) is 15.8 Å². The third-order valence-corrected chi connectivity index (χ3v) is 4.52. The maximum Gasteiger partial charge on any atom is 0.249 e. The van der Waals surface area contributed by atoms with Crippen LogP contribution in [0.15, 0.2) is 22.7 Å². The lowest BCUT2D eigenvalue weighted by molar-refractivity contribution is 0.593. The van der Waals surface area contributed by atoms with Crippen LogP contribution < -0.4 is 10.5 Å². The molecule has 0 aromatic heterocycles. The van der Waals surface area contributed by atoms with Crippen LogP contribution in [0.1, 0.15) is 13.3 Å². The Labute approximate surface area is 109 Å². The Morgan fingerprint density at radius 3 is 2.76 bits per heavy atom. The summed E-state index contributed by atoms with van der Waals surface area (Å²) in [5, 5.41) is 7.68. The number of nitrogens with zero attached hydrogens (tertiary/aromatic N) is 1. The first kappa shape index (κ1) is 13.8. The highest BCUT2D eigenvalue weighted by molar-refractivity contribution is 9.10. The Morgan fingerprint density at radius 1 is 1.59 bits per heavy atom. The van der Waals surface area contributed by atoms with Crippen LogP contribution in [-0.2, 0) is 10.0 Å². The van der Waals surface area contributed by atoms with Crippen molar-refractivity contribution < 1.29 is 8.42 Å². The standard InChI is InChI=1S/C10H12BrN3O2S/c1-2-8(6-12)17(15,16)14-10-5-7(13)3-4-9(10)11/h3-5,8,14H,2,13H2,1H3. The number of hydrogen-bond acceptors (Lipinski definition) is 4. The minimum absolute atomic E-state index is 0.228. The lowest BCUT2D eigenvalue weighted by Crippen LogP contribution is -2.26. The van der Waals surface area contributed by atoms with E-state index in [1.54, 1.807) is 25.1 Å². The summed E-state index contributed by atoms with van der Waals surface area (Å²) in [7, 11) is -3.71. The summed E-state index contributed by atoms with van der Waals surface area (Å²) in [4.78, 5) is 0. The molecule has 0 heterocycles. The molecule has 0 amide bonds. The van der Waals surface area contributed by atoms with Gasteiger partial charge < -0.3 is 5.73 Å². The molecule has 1 unspecified atom stereocenters. The topological polar surface area (TPSA) is 96.0 Å². The molecule has 0 spiro atoms. The van der Waals surface area contributed by atoms with E-state index in [2.05, 4.69) is 20.7 Å². The molecule has 92 valence electrons.